The van der Waals surface area contributed by atoms with Crippen molar-refractivity contribution in [2.45, 2.75) is 19.3 Å². The van der Waals surface area contributed by atoms with E-state index >= 15 is 0 Å². The molecule has 0 atom stereocenters. The van der Waals surface area contributed by atoms with E-state index in [0.717, 1.165) is 28.3 Å². The van der Waals surface area contributed by atoms with Crippen LogP contribution in [0.2, 0.25) is 0 Å². The molecule has 0 aromatic heterocycles. The van der Waals surface area contributed by atoms with E-state index < -0.39 is 0 Å². The third-order valence-electron chi connectivity index (χ3n) is 3.05. The van der Waals surface area contributed by atoms with Crippen molar-refractivity contribution < 1.29 is 4.74 Å². The second-order valence-electron chi connectivity index (χ2n) is 4.47. The average Bonchev–Trinajstić information content (AvgIpc) is 2.23. The number of ether oxygens (including phenoxy) is 1. The fraction of sp³-hybridized carbons (Fsp3) is 0.429. The monoisotopic (exact) mass is 295 g/mol. The van der Waals surface area contributed by atoms with Crippen LogP contribution in [0.3, 0.4) is 0 Å². The Labute approximate surface area is 111 Å². The minimum Gasteiger partial charge on any atom is -0.493 e. The number of hydrogen-bond acceptors (Lipinski definition) is 2. The first-order chi connectivity index (χ1) is 8.28. The van der Waals surface area contributed by atoms with Crippen molar-refractivity contribution in [2.24, 2.45) is 11.7 Å². The number of hydrogen-bond donors (Lipinski definition) is 1. The molecular formula is C14H18BrNO. The summed E-state index contributed by atoms with van der Waals surface area (Å²) in [6, 6.07) is 6.12. The predicted molar refractivity (Wildman–Crippen MR) is 75.1 cm³/mol. The standard InChI is InChI=1S/C14H18BrNO/c15-13-7-12(5-2-6-16)8-14(9-13)17-10-11-3-1-4-11/h2,5,7-9,11H,1,3-4,6,10,16H2/b5-2+. The van der Waals surface area contributed by atoms with Gasteiger partial charge in [0.15, 0.2) is 0 Å². The average molecular weight is 296 g/mol. The Morgan fingerprint density at radius 3 is 2.82 bits per heavy atom. The van der Waals surface area contributed by atoms with Crippen LogP contribution in [0.15, 0.2) is 28.7 Å². The summed E-state index contributed by atoms with van der Waals surface area (Å²) >= 11 is 3.50. The van der Waals surface area contributed by atoms with Gasteiger partial charge >= 0.3 is 0 Å². The Hall–Kier alpha value is -0.800. The van der Waals surface area contributed by atoms with Gasteiger partial charge in [0, 0.05) is 11.0 Å². The van der Waals surface area contributed by atoms with E-state index in [9.17, 15) is 0 Å². The number of benzene rings is 1. The third kappa shape index (κ3) is 3.86. The van der Waals surface area contributed by atoms with Gasteiger partial charge in [0.2, 0.25) is 0 Å². The number of nitrogens with two attached hydrogens (primary N) is 1. The van der Waals surface area contributed by atoms with Gasteiger partial charge in [-0.3, -0.25) is 0 Å². The Bertz CT molecular complexity index is 399. The topological polar surface area (TPSA) is 35.2 Å². The lowest BCUT2D eigenvalue weighted by Crippen LogP contribution is -2.19. The molecule has 0 radical (unpaired) electrons. The first-order valence-corrected chi connectivity index (χ1v) is 6.87. The molecule has 1 aliphatic carbocycles. The van der Waals surface area contributed by atoms with E-state index in [1.54, 1.807) is 0 Å². The third-order valence-corrected chi connectivity index (χ3v) is 3.51. The molecule has 0 unspecified atom stereocenters. The van der Waals surface area contributed by atoms with E-state index in [2.05, 4.69) is 28.1 Å². The molecule has 0 aliphatic heterocycles. The molecule has 0 bridgehead atoms. The minimum atomic E-state index is 0.560. The van der Waals surface area contributed by atoms with Gasteiger partial charge in [0.1, 0.15) is 5.75 Å². The second kappa shape index (κ2) is 6.22. The van der Waals surface area contributed by atoms with Gasteiger partial charge < -0.3 is 10.5 Å². The zero-order chi connectivity index (χ0) is 12.1. The lowest BCUT2D eigenvalue weighted by atomic mass is 9.86. The Balaban J connectivity index is 1.99. The van der Waals surface area contributed by atoms with Crippen molar-refractivity contribution in [3.05, 3.63) is 34.3 Å². The van der Waals surface area contributed by atoms with E-state index in [4.69, 9.17) is 10.5 Å². The molecule has 17 heavy (non-hydrogen) atoms. The predicted octanol–water partition coefficient (Wildman–Crippen LogP) is 3.60. The van der Waals surface area contributed by atoms with Gasteiger partial charge in [0.05, 0.1) is 6.61 Å². The molecule has 92 valence electrons. The molecule has 0 heterocycles. The molecule has 0 amide bonds. The normalized spacial score (nSPS) is 16.1. The van der Waals surface area contributed by atoms with E-state index in [1.165, 1.54) is 19.3 Å². The second-order valence-corrected chi connectivity index (χ2v) is 5.38. The summed E-state index contributed by atoms with van der Waals surface area (Å²) in [7, 11) is 0. The molecule has 1 saturated carbocycles. The van der Waals surface area contributed by atoms with Gasteiger partial charge in [0.25, 0.3) is 0 Å². The highest BCUT2D eigenvalue weighted by Crippen LogP contribution is 2.28. The maximum absolute atomic E-state index is 5.82. The highest BCUT2D eigenvalue weighted by molar-refractivity contribution is 9.10. The fourth-order valence-corrected chi connectivity index (χ4v) is 2.33. The van der Waals surface area contributed by atoms with Crippen LogP contribution in [0.1, 0.15) is 24.8 Å². The minimum absolute atomic E-state index is 0.560. The van der Waals surface area contributed by atoms with Gasteiger partial charge in [-0.05, 0) is 42.5 Å². The van der Waals surface area contributed by atoms with Gasteiger partial charge in [-0.1, -0.05) is 34.5 Å². The Kier molecular flexibility index (Phi) is 4.63. The van der Waals surface area contributed by atoms with Crippen LogP contribution < -0.4 is 10.5 Å². The van der Waals surface area contributed by atoms with Crippen molar-refractivity contribution >= 4 is 22.0 Å². The van der Waals surface area contributed by atoms with Crippen LogP contribution in [0.25, 0.3) is 6.08 Å². The van der Waals surface area contributed by atoms with Gasteiger partial charge in [-0.2, -0.15) is 0 Å². The number of halogens is 1. The highest BCUT2D eigenvalue weighted by Gasteiger charge is 2.17. The molecule has 2 N–H and O–H groups in total. The van der Waals surface area contributed by atoms with Crippen LogP contribution in [0.5, 0.6) is 5.75 Å². The first kappa shape index (κ1) is 12.7. The maximum Gasteiger partial charge on any atom is 0.121 e. The zero-order valence-electron chi connectivity index (χ0n) is 9.86. The molecule has 3 heteroatoms. The molecule has 1 aliphatic rings. The van der Waals surface area contributed by atoms with Gasteiger partial charge in [-0.25, -0.2) is 0 Å². The first-order valence-electron chi connectivity index (χ1n) is 6.08. The summed E-state index contributed by atoms with van der Waals surface area (Å²) in [5, 5.41) is 0. The smallest absolute Gasteiger partial charge is 0.121 e. The van der Waals surface area contributed by atoms with E-state index in [-0.39, 0.29) is 0 Å². The van der Waals surface area contributed by atoms with Crippen LogP contribution in [-0.4, -0.2) is 13.2 Å². The quantitative estimate of drug-likeness (QED) is 0.901. The lowest BCUT2D eigenvalue weighted by Gasteiger charge is -2.25. The van der Waals surface area contributed by atoms with Crippen molar-refractivity contribution in [1.82, 2.24) is 0 Å². The molecule has 0 saturated heterocycles. The number of rotatable bonds is 5. The van der Waals surface area contributed by atoms with Crippen molar-refractivity contribution in [3.63, 3.8) is 0 Å². The molecule has 0 spiro atoms. The summed E-state index contributed by atoms with van der Waals surface area (Å²) in [5.41, 5.74) is 6.57. The molecule has 1 fully saturated rings. The fourth-order valence-electron chi connectivity index (χ4n) is 1.84. The summed E-state index contributed by atoms with van der Waals surface area (Å²) in [4.78, 5) is 0. The SMILES string of the molecule is NC/C=C/c1cc(Br)cc(OCC2CCC2)c1. The molecule has 2 rings (SSSR count). The maximum atomic E-state index is 5.82. The Morgan fingerprint density at radius 2 is 2.18 bits per heavy atom. The van der Waals surface area contributed by atoms with Gasteiger partial charge in [-0.15, -0.1) is 0 Å². The zero-order valence-corrected chi connectivity index (χ0v) is 11.4. The molecular weight excluding hydrogens is 278 g/mol. The van der Waals surface area contributed by atoms with Crippen LogP contribution in [-0.2, 0) is 0 Å². The molecule has 1 aromatic carbocycles. The van der Waals surface area contributed by atoms with E-state index in [0.29, 0.717) is 6.54 Å². The summed E-state index contributed by atoms with van der Waals surface area (Å²) < 4.78 is 6.86. The van der Waals surface area contributed by atoms with Crippen LogP contribution >= 0.6 is 15.9 Å². The summed E-state index contributed by atoms with van der Waals surface area (Å²) in [6.45, 7) is 1.40. The molecule has 2 nitrogen and oxygen atoms in total. The summed E-state index contributed by atoms with van der Waals surface area (Å²) in [5.74, 6) is 1.69. The molecule has 1 aromatic rings. The van der Waals surface area contributed by atoms with Crippen molar-refractivity contribution in [2.75, 3.05) is 13.2 Å². The van der Waals surface area contributed by atoms with Crippen molar-refractivity contribution in [3.8, 4) is 5.75 Å². The summed E-state index contributed by atoms with van der Waals surface area (Å²) in [6.07, 6.45) is 7.94. The van der Waals surface area contributed by atoms with Crippen LogP contribution in [0.4, 0.5) is 0 Å². The van der Waals surface area contributed by atoms with Crippen molar-refractivity contribution in [1.29, 1.82) is 0 Å². The largest absolute Gasteiger partial charge is 0.493 e. The Morgan fingerprint density at radius 1 is 1.35 bits per heavy atom. The lowest BCUT2D eigenvalue weighted by molar-refractivity contribution is 0.180. The van der Waals surface area contributed by atoms with E-state index in [1.807, 2.05) is 18.2 Å². The van der Waals surface area contributed by atoms with Crippen LogP contribution in [0, 0.1) is 5.92 Å². The highest BCUT2D eigenvalue weighted by atomic mass is 79.9.